The molecule has 1 aromatic carbocycles. The monoisotopic (exact) mass is 217 g/mol. The number of rotatable bonds is 2. The highest BCUT2D eigenvalue weighted by Gasteiger charge is 2.06. The van der Waals surface area contributed by atoms with Crippen LogP contribution in [0, 0.1) is 0 Å². The third-order valence-corrected chi connectivity index (χ3v) is 2.16. The first-order valence-corrected chi connectivity index (χ1v) is 4.82. The van der Waals surface area contributed by atoms with Crippen LogP contribution in [0.5, 0.6) is 11.5 Å². The summed E-state index contributed by atoms with van der Waals surface area (Å²) in [5.74, 6) is 0.892. The van der Waals surface area contributed by atoms with E-state index < -0.39 is 0 Å². The maximum Gasteiger partial charge on any atom is 0.308 e. The van der Waals surface area contributed by atoms with E-state index in [0.29, 0.717) is 5.75 Å². The molecule has 16 heavy (non-hydrogen) atoms. The van der Waals surface area contributed by atoms with E-state index in [1.807, 2.05) is 6.07 Å². The smallest absolute Gasteiger partial charge is 0.308 e. The van der Waals surface area contributed by atoms with Gasteiger partial charge in [-0.2, -0.15) is 0 Å². The quantitative estimate of drug-likeness (QED) is 0.723. The van der Waals surface area contributed by atoms with Gasteiger partial charge in [0.2, 0.25) is 0 Å². The third-order valence-electron chi connectivity index (χ3n) is 2.16. The van der Waals surface area contributed by atoms with Crippen LogP contribution in [0.25, 0.3) is 10.9 Å². The van der Waals surface area contributed by atoms with Crippen LogP contribution >= 0.6 is 0 Å². The number of carbonyl (C=O) groups excluding carboxylic acids is 1. The number of pyridine rings is 1. The molecular weight excluding hydrogens is 206 g/mol. The second kappa shape index (κ2) is 4.18. The number of methoxy groups -OCH3 is 1. The molecule has 0 amide bonds. The van der Waals surface area contributed by atoms with Crippen molar-refractivity contribution in [3.8, 4) is 11.5 Å². The molecule has 0 saturated heterocycles. The van der Waals surface area contributed by atoms with Crippen molar-refractivity contribution < 1.29 is 14.3 Å². The van der Waals surface area contributed by atoms with Crippen LogP contribution < -0.4 is 9.47 Å². The van der Waals surface area contributed by atoms with Crippen molar-refractivity contribution in [2.45, 2.75) is 6.92 Å². The van der Waals surface area contributed by atoms with Crippen LogP contribution in [0.2, 0.25) is 0 Å². The minimum absolute atomic E-state index is 0.344. The normalized spacial score (nSPS) is 10.1. The summed E-state index contributed by atoms with van der Waals surface area (Å²) in [5.41, 5.74) is 0.734. The van der Waals surface area contributed by atoms with E-state index in [0.717, 1.165) is 16.7 Å². The zero-order valence-corrected chi connectivity index (χ0v) is 9.06. The lowest BCUT2D eigenvalue weighted by molar-refractivity contribution is -0.131. The molecular formula is C12H11NO3. The Kier molecular flexibility index (Phi) is 2.72. The predicted octanol–water partition coefficient (Wildman–Crippen LogP) is 2.17. The molecule has 0 aliphatic rings. The number of fused-ring (bicyclic) bond motifs is 1. The van der Waals surface area contributed by atoms with Gasteiger partial charge in [-0.25, -0.2) is 0 Å². The molecule has 0 atom stereocenters. The number of benzene rings is 1. The van der Waals surface area contributed by atoms with Crippen molar-refractivity contribution in [2.75, 3.05) is 7.11 Å². The fourth-order valence-electron chi connectivity index (χ4n) is 1.47. The average molecular weight is 217 g/mol. The maximum absolute atomic E-state index is 10.9. The zero-order chi connectivity index (χ0) is 11.5. The topological polar surface area (TPSA) is 48.4 Å². The largest absolute Gasteiger partial charge is 0.497 e. The highest BCUT2D eigenvalue weighted by atomic mass is 16.5. The summed E-state index contributed by atoms with van der Waals surface area (Å²) in [6.45, 7) is 1.37. The molecule has 0 aliphatic heterocycles. The Morgan fingerprint density at radius 1 is 1.31 bits per heavy atom. The zero-order valence-electron chi connectivity index (χ0n) is 9.06. The van der Waals surface area contributed by atoms with Gasteiger partial charge in [0.05, 0.1) is 12.6 Å². The molecule has 82 valence electrons. The number of ether oxygens (including phenoxy) is 2. The van der Waals surface area contributed by atoms with E-state index in [1.54, 1.807) is 31.5 Å². The van der Waals surface area contributed by atoms with Crippen molar-refractivity contribution in [3.05, 3.63) is 30.5 Å². The second-order valence-electron chi connectivity index (χ2n) is 3.29. The summed E-state index contributed by atoms with van der Waals surface area (Å²) >= 11 is 0. The molecule has 4 nitrogen and oxygen atoms in total. The summed E-state index contributed by atoms with van der Waals surface area (Å²) in [7, 11) is 1.59. The van der Waals surface area contributed by atoms with E-state index in [4.69, 9.17) is 9.47 Å². The number of aromatic nitrogens is 1. The molecule has 0 unspecified atom stereocenters. The van der Waals surface area contributed by atoms with Gasteiger partial charge in [-0.15, -0.1) is 0 Å². The molecule has 1 aromatic heterocycles. The number of carbonyl (C=O) groups is 1. The maximum atomic E-state index is 10.9. The average Bonchev–Trinajstić information content (AvgIpc) is 2.28. The Morgan fingerprint density at radius 3 is 2.81 bits per heavy atom. The Bertz CT molecular complexity index is 537. The Labute approximate surface area is 92.8 Å². The SMILES string of the molecule is COc1ccc2c(OC(C)=O)ccnc2c1. The van der Waals surface area contributed by atoms with Gasteiger partial charge in [-0.3, -0.25) is 9.78 Å². The molecule has 0 fully saturated rings. The van der Waals surface area contributed by atoms with Crippen molar-refractivity contribution in [3.63, 3.8) is 0 Å². The van der Waals surface area contributed by atoms with Crippen LogP contribution in [-0.2, 0) is 4.79 Å². The molecule has 0 saturated carbocycles. The van der Waals surface area contributed by atoms with Crippen LogP contribution in [0.15, 0.2) is 30.5 Å². The van der Waals surface area contributed by atoms with E-state index in [9.17, 15) is 4.79 Å². The summed E-state index contributed by atoms with van der Waals surface area (Å²) < 4.78 is 10.2. The first kappa shape index (κ1) is 10.4. The molecule has 0 N–H and O–H groups in total. The lowest BCUT2D eigenvalue weighted by Gasteiger charge is -2.06. The Balaban J connectivity index is 2.55. The van der Waals surface area contributed by atoms with Crippen LogP contribution in [0.4, 0.5) is 0 Å². The fourth-order valence-corrected chi connectivity index (χ4v) is 1.47. The summed E-state index contributed by atoms with van der Waals surface area (Å²) in [6, 6.07) is 7.08. The summed E-state index contributed by atoms with van der Waals surface area (Å²) in [5, 5.41) is 0.790. The number of nitrogens with zero attached hydrogens (tertiary/aromatic N) is 1. The van der Waals surface area contributed by atoms with Crippen LogP contribution in [0.1, 0.15) is 6.92 Å². The second-order valence-corrected chi connectivity index (χ2v) is 3.29. The highest BCUT2D eigenvalue weighted by Crippen LogP contribution is 2.26. The van der Waals surface area contributed by atoms with Gasteiger partial charge < -0.3 is 9.47 Å². The number of hydrogen-bond acceptors (Lipinski definition) is 4. The van der Waals surface area contributed by atoms with E-state index in [2.05, 4.69) is 4.98 Å². The van der Waals surface area contributed by atoms with Crippen LogP contribution in [0.3, 0.4) is 0 Å². The minimum atomic E-state index is -0.344. The van der Waals surface area contributed by atoms with Crippen molar-refractivity contribution in [1.82, 2.24) is 4.98 Å². The van der Waals surface area contributed by atoms with Gasteiger partial charge >= 0.3 is 5.97 Å². The molecule has 0 aliphatic carbocycles. The minimum Gasteiger partial charge on any atom is -0.497 e. The van der Waals surface area contributed by atoms with Gasteiger partial charge in [-0.05, 0) is 18.2 Å². The fraction of sp³-hybridized carbons (Fsp3) is 0.167. The van der Waals surface area contributed by atoms with E-state index in [-0.39, 0.29) is 5.97 Å². The van der Waals surface area contributed by atoms with Gasteiger partial charge in [0.25, 0.3) is 0 Å². The standard InChI is InChI=1S/C12H11NO3/c1-8(14)16-12-5-6-13-11-7-9(15-2)3-4-10(11)12/h3-7H,1-2H3. The molecule has 0 spiro atoms. The molecule has 2 aromatic rings. The Hall–Kier alpha value is -2.10. The molecule has 2 rings (SSSR count). The number of esters is 1. The van der Waals surface area contributed by atoms with Crippen molar-refractivity contribution in [1.29, 1.82) is 0 Å². The Morgan fingerprint density at radius 2 is 2.12 bits per heavy atom. The lowest BCUT2D eigenvalue weighted by Crippen LogP contribution is -2.02. The van der Waals surface area contributed by atoms with Gasteiger partial charge in [0.15, 0.2) is 0 Å². The lowest BCUT2D eigenvalue weighted by atomic mass is 10.2. The van der Waals surface area contributed by atoms with Gasteiger partial charge in [0.1, 0.15) is 11.5 Å². The summed E-state index contributed by atoms with van der Waals surface area (Å²) in [6.07, 6.45) is 1.60. The van der Waals surface area contributed by atoms with E-state index in [1.165, 1.54) is 6.92 Å². The van der Waals surface area contributed by atoms with Crippen molar-refractivity contribution in [2.24, 2.45) is 0 Å². The van der Waals surface area contributed by atoms with Crippen molar-refractivity contribution >= 4 is 16.9 Å². The first-order valence-electron chi connectivity index (χ1n) is 4.82. The third kappa shape index (κ3) is 1.95. The molecule has 1 heterocycles. The highest BCUT2D eigenvalue weighted by molar-refractivity contribution is 5.88. The van der Waals surface area contributed by atoms with Gasteiger partial charge in [-0.1, -0.05) is 0 Å². The molecule has 4 heteroatoms. The van der Waals surface area contributed by atoms with E-state index >= 15 is 0 Å². The molecule has 0 bridgehead atoms. The predicted molar refractivity (Wildman–Crippen MR) is 59.6 cm³/mol. The molecule has 0 radical (unpaired) electrons. The van der Waals surface area contributed by atoms with Crippen LogP contribution in [-0.4, -0.2) is 18.1 Å². The van der Waals surface area contributed by atoms with Gasteiger partial charge in [0, 0.05) is 24.6 Å². The summed E-state index contributed by atoms with van der Waals surface area (Å²) in [4.78, 5) is 15.1. The number of hydrogen-bond donors (Lipinski definition) is 0. The first-order chi connectivity index (χ1) is 7.70.